The monoisotopic (exact) mass is 404 g/mol. The third-order valence-electron chi connectivity index (χ3n) is 5.81. The van der Waals surface area contributed by atoms with Crippen LogP contribution < -0.4 is 10.9 Å². The first kappa shape index (κ1) is 20.3. The summed E-state index contributed by atoms with van der Waals surface area (Å²) in [5, 5.41) is 8.57. The topological polar surface area (TPSA) is 67.2 Å². The van der Waals surface area contributed by atoms with Crippen LogP contribution in [0.1, 0.15) is 37.3 Å². The highest BCUT2D eigenvalue weighted by molar-refractivity contribution is 5.81. The van der Waals surface area contributed by atoms with Crippen molar-refractivity contribution in [3.05, 3.63) is 76.7 Å². The molecule has 1 N–H and O–H groups in total. The Bertz CT molecular complexity index is 1040. The van der Waals surface area contributed by atoms with Crippen molar-refractivity contribution < 1.29 is 4.79 Å². The van der Waals surface area contributed by atoms with Crippen LogP contribution in [0.2, 0.25) is 0 Å². The minimum atomic E-state index is -0.240. The quantitative estimate of drug-likeness (QED) is 0.685. The molecule has 6 nitrogen and oxygen atoms in total. The zero-order chi connectivity index (χ0) is 20.8. The summed E-state index contributed by atoms with van der Waals surface area (Å²) in [6.07, 6.45) is 6.54. The number of amides is 1. The summed E-state index contributed by atoms with van der Waals surface area (Å²) < 4.78 is 1.24. The number of carbonyl (C=O) groups excluding carboxylic acids is 1. The Labute approximate surface area is 176 Å². The molecule has 0 spiro atoms. The summed E-state index contributed by atoms with van der Waals surface area (Å²) in [4.78, 5) is 27.8. The van der Waals surface area contributed by atoms with Crippen LogP contribution in [-0.2, 0) is 11.3 Å². The molecule has 30 heavy (non-hydrogen) atoms. The fourth-order valence-electron chi connectivity index (χ4n) is 4.18. The summed E-state index contributed by atoms with van der Waals surface area (Å²) in [5.74, 6) is -0.198. The second-order valence-electron chi connectivity index (χ2n) is 7.88. The third-order valence-corrected chi connectivity index (χ3v) is 5.81. The Morgan fingerprint density at radius 1 is 0.967 bits per heavy atom. The Hall–Kier alpha value is -2.99. The lowest BCUT2D eigenvalue weighted by Gasteiger charge is -2.31. The van der Waals surface area contributed by atoms with Crippen LogP contribution in [-0.4, -0.2) is 40.2 Å². The molecule has 2 heterocycles. The molecule has 3 aromatic rings. The van der Waals surface area contributed by atoms with Crippen molar-refractivity contribution in [1.82, 2.24) is 20.0 Å². The number of hydrogen-bond donors (Lipinski definition) is 1. The van der Waals surface area contributed by atoms with E-state index in [0.29, 0.717) is 11.9 Å². The van der Waals surface area contributed by atoms with Gasteiger partial charge in [0.25, 0.3) is 5.56 Å². The molecule has 1 amide bonds. The van der Waals surface area contributed by atoms with Crippen LogP contribution >= 0.6 is 0 Å². The maximum absolute atomic E-state index is 12.7. The van der Waals surface area contributed by atoms with Crippen molar-refractivity contribution in [2.75, 3.05) is 19.6 Å². The number of fused-ring (bicyclic) bond motifs is 1. The molecule has 0 saturated carbocycles. The van der Waals surface area contributed by atoms with Gasteiger partial charge in [0.2, 0.25) is 5.91 Å². The zero-order valence-electron chi connectivity index (χ0n) is 17.2. The van der Waals surface area contributed by atoms with Crippen LogP contribution in [0, 0.1) is 0 Å². The highest BCUT2D eigenvalue weighted by atomic mass is 16.2. The molecule has 0 aliphatic carbocycles. The number of likely N-dealkylation sites (tertiary alicyclic amines) is 1. The van der Waals surface area contributed by atoms with Gasteiger partial charge in [0.05, 0.1) is 17.6 Å². The maximum Gasteiger partial charge on any atom is 0.275 e. The maximum atomic E-state index is 12.7. The molecule has 1 aliphatic heterocycles. The lowest BCUT2D eigenvalue weighted by atomic mass is 10.0. The van der Waals surface area contributed by atoms with Gasteiger partial charge in [-0.15, -0.1) is 0 Å². The predicted octanol–water partition coefficient (Wildman–Crippen LogP) is 3.13. The number of aromatic nitrogens is 2. The fraction of sp³-hybridized carbons (Fsp3) is 0.375. The molecular weight excluding hydrogens is 376 g/mol. The van der Waals surface area contributed by atoms with E-state index >= 15 is 0 Å². The highest BCUT2D eigenvalue weighted by Gasteiger charge is 2.22. The van der Waals surface area contributed by atoms with E-state index in [2.05, 4.69) is 27.4 Å². The van der Waals surface area contributed by atoms with Gasteiger partial charge in [-0.05, 0) is 37.6 Å². The van der Waals surface area contributed by atoms with Crippen LogP contribution in [0.3, 0.4) is 0 Å². The van der Waals surface area contributed by atoms with E-state index < -0.39 is 0 Å². The molecule has 6 heteroatoms. The van der Waals surface area contributed by atoms with Gasteiger partial charge in [-0.25, -0.2) is 4.68 Å². The van der Waals surface area contributed by atoms with E-state index in [4.69, 9.17) is 0 Å². The molecule has 156 valence electrons. The van der Waals surface area contributed by atoms with E-state index in [1.807, 2.05) is 36.4 Å². The second-order valence-corrected chi connectivity index (χ2v) is 7.88. The number of carbonyl (C=O) groups is 1. The summed E-state index contributed by atoms with van der Waals surface area (Å²) in [6, 6.07) is 17.8. The molecule has 0 bridgehead atoms. The first-order valence-electron chi connectivity index (χ1n) is 10.7. The second kappa shape index (κ2) is 9.67. The lowest BCUT2D eigenvalue weighted by molar-refractivity contribution is -0.122. The zero-order valence-corrected chi connectivity index (χ0v) is 17.2. The Kier molecular flexibility index (Phi) is 6.54. The van der Waals surface area contributed by atoms with Gasteiger partial charge in [-0.1, -0.05) is 61.4 Å². The van der Waals surface area contributed by atoms with Crippen LogP contribution in [0.4, 0.5) is 0 Å². The lowest BCUT2D eigenvalue weighted by Crippen LogP contribution is -2.40. The van der Waals surface area contributed by atoms with Crippen molar-refractivity contribution in [3.63, 3.8) is 0 Å². The molecule has 1 atom stereocenters. The Morgan fingerprint density at radius 3 is 2.43 bits per heavy atom. The number of nitrogens with one attached hydrogen (secondary N) is 1. The fourth-order valence-corrected chi connectivity index (χ4v) is 4.18. The van der Waals surface area contributed by atoms with E-state index in [0.717, 1.165) is 18.5 Å². The van der Waals surface area contributed by atoms with Crippen molar-refractivity contribution in [1.29, 1.82) is 0 Å². The van der Waals surface area contributed by atoms with Gasteiger partial charge >= 0.3 is 0 Å². The van der Waals surface area contributed by atoms with Crippen molar-refractivity contribution in [2.24, 2.45) is 0 Å². The first-order chi connectivity index (χ1) is 14.7. The highest BCUT2D eigenvalue weighted by Crippen LogP contribution is 2.23. The van der Waals surface area contributed by atoms with Gasteiger partial charge < -0.3 is 5.32 Å². The number of benzene rings is 2. The van der Waals surface area contributed by atoms with E-state index in [1.54, 1.807) is 12.3 Å². The molecule has 1 fully saturated rings. The molecule has 1 saturated heterocycles. The third kappa shape index (κ3) is 4.76. The van der Waals surface area contributed by atoms with Crippen LogP contribution in [0.15, 0.2) is 65.6 Å². The predicted molar refractivity (Wildman–Crippen MR) is 118 cm³/mol. The van der Waals surface area contributed by atoms with Gasteiger partial charge in [-0.3, -0.25) is 14.5 Å². The normalized spacial score (nSPS) is 16.1. The van der Waals surface area contributed by atoms with Crippen LogP contribution in [0.25, 0.3) is 10.8 Å². The smallest absolute Gasteiger partial charge is 0.275 e. The van der Waals surface area contributed by atoms with Crippen molar-refractivity contribution in [2.45, 2.75) is 38.3 Å². The Morgan fingerprint density at radius 2 is 1.67 bits per heavy atom. The van der Waals surface area contributed by atoms with Gasteiger partial charge in [-0.2, -0.15) is 5.10 Å². The van der Waals surface area contributed by atoms with E-state index in [9.17, 15) is 9.59 Å². The average molecular weight is 405 g/mol. The molecule has 1 aromatic heterocycles. The minimum absolute atomic E-state index is 0.0782. The van der Waals surface area contributed by atoms with Gasteiger partial charge in [0, 0.05) is 11.9 Å². The van der Waals surface area contributed by atoms with E-state index in [1.165, 1.54) is 35.9 Å². The van der Waals surface area contributed by atoms with Crippen molar-refractivity contribution in [3.8, 4) is 0 Å². The number of hydrogen-bond acceptors (Lipinski definition) is 4. The summed E-state index contributed by atoms with van der Waals surface area (Å²) in [5.41, 5.74) is 0.969. The van der Waals surface area contributed by atoms with Crippen molar-refractivity contribution >= 4 is 16.7 Å². The van der Waals surface area contributed by atoms with Gasteiger partial charge in [0.1, 0.15) is 6.54 Å². The summed E-state index contributed by atoms with van der Waals surface area (Å²) in [7, 11) is 0. The summed E-state index contributed by atoms with van der Waals surface area (Å²) in [6.45, 7) is 2.53. The van der Waals surface area contributed by atoms with Crippen LogP contribution in [0.5, 0.6) is 0 Å². The molecule has 4 rings (SSSR count). The summed E-state index contributed by atoms with van der Waals surface area (Å²) >= 11 is 0. The minimum Gasteiger partial charge on any atom is -0.353 e. The molecule has 0 radical (unpaired) electrons. The molecule has 1 aliphatic rings. The largest absolute Gasteiger partial charge is 0.353 e. The van der Waals surface area contributed by atoms with E-state index in [-0.39, 0.29) is 24.1 Å². The molecule has 0 unspecified atom stereocenters. The standard InChI is InChI=1S/C24H28N4O2/c29-23(18-28-24(30)21-13-7-6-12-20(21)16-26-28)25-17-22(19-10-4-3-5-11-19)27-14-8-1-2-9-15-27/h3-7,10-13,16,22H,1-2,8-9,14-15,17-18H2,(H,25,29)/t22-/m1/s1. The van der Waals surface area contributed by atoms with Gasteiger partial charge in [0.15, 0.2) is 0 Å². The molecule has 2 aromatic carbocycles. The molecular formula is C24H28N4O2. The average Bonchev–Trinajstić information content (AvgIpc) is 3.06. The SMILES string of the molecule is O=C(Cn1ncc2ccccc2c1=O)NC[C@H](c1ccccc1)N1CCCCCC1. The number of rotatable bonds is 6. The first-order valence-corrected chi connectivity index (χ1v) is 10.7. The number of nitrogens with zero attached hydrogens (tertiary/aromatic N) is 3. The Balaban J connectivity index is 1.46.